The zero-order valence-corrected chi connectivity index (χ0v) is 18.6. The molecule has 1 aromatic carbocycles. The molecule has 0 amide bonds. The lowest BCUT2D eigenvalue weighted by atomic mass is 9.85. The molecule has 11 heteroatoms. The minimum absolute atomic E-state index is 0.390. The molecule has 3 heterocycles. The Hall–Kier alpha value is -2.35. The number of hydrogen-bond acceptors (Lipinski definition) is 11. The van der Waals surface area contributed by atoms with Crippen LogP contribution in [-0.4, -0.2) is 99.5 Å². The molecule has 1 saturated carbocycles. The molecule has 0 radical (unpaired) electrons. The van der Waals surface area contributed by atoms with E-state index in [-0.39, 0.29) is 0 Å². The zero-order valence-electron chi connectivity index (χ0n) is 18.6. The largest absolute Gasteiger partial charge is 0.472 e. The number of carbonyl (C=O) groups excluding carboxylic acids is 1. The highest BCUT2D eigenvalue weighted by Crippen LogP contribution is 2.60. The molecule has 190 valence electrons. The Bertz CT molecular complexity index is 965. The number of ether oxygens (including phenoxy) is 5. The van der Waals surface area contributed by atoms with Crippen molar-refractivity contribution in [3.05, 3.63) is 54.3 Å². The predicted molar refractivity (Wildman–Crippen MR) is 116 cm³/mol. The summed E-state index contributed by atoms with van der Waals surface area (Å²) in [5, 5.41) is 50.0. The van der Waals surface area contributed by atoms with Crippen LogP contribution in [-0.2, 0) is 28.5 Å². The van der Waals surface area contributed by atoms with Crippen LogP contribution in [0, 0.1) is 11.8 Å². The van der Waals surface area contributed by atoms with Crippen molar-refractivity contribution in [2.75, 3.05) is 13.2 Å². The van der Waals surface area contributed by atoms with Gasteiger partial charge in [0.2, 0.25) is 6.29 Å². The van der Waals surface area contributed by atoms with Crippen molar-refractivity contribution in [1.82, 2.24) is 0 Å². The summed E-state index contributed by atoms with van der Waals surface area (Å²) < 4.78 is 28.3. The molecule has 35 heavy (non-hydrogen) atoms. The Kier molecular flexibility index (Phi) is 6.68. The SMILES string of the molecule is O=C(/C=C/c1ccccc1)OC1C2C=COC(OC3OC(CO)C(O)C(O)C3O)C2C2(CO)OC12. The van der Waals surface area contributed by atoms with E-state index >= 15 is 0 Å². The minimum Gasteiger partial charge on any atom is -0.472 e. The third kappa shape index (κ3) is 4.28. The Morgan fingerprint density at radius 2 is 1.83 bits per heavy atom. The summed E-state index contributed by atoms with van der Waals surface area (Å²) in [4.78, 5) is 12.5. The molecular formula is C24H28O11. The van der Waals surface area contributed by atoms with Crippen molar-refractivity contribution < 1.29 is 54.0 Å². The fourth-order valence-electron chi connectivity index (χ4n) is 5.19. The number of fused-ring (bicyclic) bond motifs is 3. The molecule has 3 fully saturated rings. The first-order valence-corrected chi connectivity index (χ1v) is 11.4. The van der Waals surface area contributed by atoms with Gasteiger partial charge in [0.25, 0.3) is 0 Å². The quantitative estimate of drug-likeness (QED) is 0.174. The number of rotatable bonds is 7. The number of aliphatic hydroxyl groups excluding tert-OH is 5. The lowest BCUT2D eigenvalue weighted by Crippen LogP contribution is -2.60. The number of carbonyl (C=O) groups is 1. The predicted octanol–water partition coefficient (Wildman–Crippen LogP) is -1.33. The maximum Gasteiger partial charge on any atom is 0.331 e. The van der Waals surface area contributed by atoms with Gasteiger partial charge in [-0.15, -0.1) is 0 Å². The van der Waals surface area contributed by atoms with E-state index in [0.717, 1.165) is 5.56 Å². The van der Waals surface area contributed by atoms with Crippen molar-refractivity contribution in [3.8, 4) is 0 Å². The molecule has 0 aromatic heterocycles. The lowest BCUT2D eigenvalue weighted by Gasteiger charge is -2.43. The van der Waals surface area contributed by atoms with Gasteiger partial charge in [0.15, 0.2) is 6.29 Å². The van der Waals surface area contributed by atoms with Crippen molar-refractivity contribution in [2.45, 2.75) is 54.8 Å². The molecule has 5 N–H and O–H groups in total. The summed E-state index contributed by atoms with van der Waals surface area (Å²) >= 11 is 0. The summed E-state index contributed by atoms with van der Waals surface area (Å²) in [5.41, 5.74) is -0.262. The maximum atomic E-state index is 12.5. The molecule has 1 aliphatic carbocycles. The fraction of sp³-hybridized carbons (Fsp3) is 0.542. The first kappa shape index (κ1) is 24.3. The standard InChI is InChI=1S/C24H28O11/c25-10-14-17(28)18(29)19(30)23(32-14)34-22-16-13(8-9-31-22)20(21-24(16,11-26)35-21)33-15(27)7-6-12-4-2-1-3-5-12/h1-9,13-14,16-23,25-26,28-30H,10-11H2/b7-6+. The summed E-state index contributed by atoms with van der Waals surface area (Å²) in [5.74, 6) is -1.64. The van der Waals surface area contributed by atoms with Gasteiger partial charge in [-0.25, -0.2) is 4.79 Å². The molecule has 0 bridgehead atoms. The van der Waals surface area contributed by atoms with Gasteiger partial charge in [-0.05, 0) is 17.7 Å². The third-order valence-electron chi connectivity index (χ3n) is 7.06. The van der Waals surface area contributed by atoms with Gasteiger partial charge in [0, 0.05) is 12.0 Å². The topological polar surface area (TPSA) is 168 Å². The molecular weight excluding hydrogens is 464 g/mol. The first-order valence-electron chi connectivity index (χ1n) is 11.4. The van der Waals surface area contributed by atoms with Crippen molar-refractivity contribution >= 4 is 12.0 Å². The lowest BCUT2D eigenvalue weighted by molar-refractivity contribution is -0.344. The zero-order chi connectivity index (χ0) is 24.7. The smallest absolute Gasteiger partial charge is 0.331 e. The van der Waals surface area contributed by atoms with Crippen LogP contribution < -0.4 is 0 Å². The average Bonchev–Trinajstić information content (AvgIpc) is 3.56. The number of benzene rings is 1. The van der Waals surface area contributed by atoms with Crippen LogP contribution in [0.25, 0.3) is 6.08 Å². The summed E-state index contributed by atoms with van der Waals surface area (Å²) in [6.45, 7) is -0.999. The van der Waals surface area contributed by atoms with Gasteiger partial charge in [0.1, 0.15) is 42.2 Å². The van der Waals surface area contributed by atoms with Crippen LogP contribution in [0.5, 0.6) is 0 Å². The van der Waals surface area contributed by atoms with Crippen molar-refractivity contribution in [3.63, 3.8) is 0 Å². The average molecular weight is 492 g/mol. The molecule has 1 aromatic rings. The maximum absolute atomic E-state index is 12.5. The summed E-state index contributed by atoms with van der Waals surface area (Å²) in [6, 6.07) is 9.26. The second kappa shape index (κ2) is 9.60. The Balaban J connectivity index is 1.31. The number of esters is 1. The first-order chi connectivity index (χ1) is 16.9. The molecule has 3 aliphatic heterocycles. The normalized spacial score (nSPS) is 43.9. The second-order valence-electron chi connectivity index (χ2n) is 9.07. The highest BCUT2D eigenvalue weighted by atomic mass is 16.8. The third-order valence-corrected chi connectivity index (χ3v) is 7.06. The highest BCUT2D eigenvalue weighted by molar-refractivity contribution is 5.87. The van der Waals surface area contributed by atoms with Crippen LogP contribution in [0.15, 0.2) is 48.7 Å². The van der Waals surface area contributed by atoms with Crippen LogP contribution in [0.1, 0.15) is 5.56 Å². The molecule has 2 saturated heterocycles. The molecule has 5 rings (SSSR count). The van der Waals surface area contributed by atoms with Crippen molar-refractivity contribution in [1.29, 1.82) is 0 Å². The molecule has 11 atom stereocenters. The summed E-state index contributed by atoms with van der Waals surface area (Å²) in [7, 11) is 0. The van der Waals surface area contributed by atoms with Crippen LogP contribution in [0.2, 0.25) is 0 Å². The second-order valence-corrected chi connectivity index (χ2v) is 9.07. The van der Waals surface area contributed by atoms with E-state index in [0.29, 0.717) is 0 Å². The minimum atomic E-state index is -1.63. The van der Waals surface area contributed by atoms with Crippen molar-refractivity contribution in [2.24, 2.45) is 11.8 Å². The van der Waals surface area contributed by atoms with E-state index in [1.54, 1.807) is 12.2 Å². The van der Waals surface area contributed by atoms with Gasteiger partial charge in [-0.1, -0.05) is 30.3 Å². The van der Waals surface area contributed by atoms with Crippen LogP contribution in [0.3, 0.4) is 0 Å². The van der Waals surface area contributed by atoms with E-state index in [9.17, 15) is 30.3 Å². The number of hydrogen-bond donors (Lipinski definition) is 5. The van der Waals surface area contributed by atoms with Gasteiger partial charge in [-0.3, -0.25) is 0 Å². The molecule has 11 unspecified atom stereocenters. The number of aliphatic hydroxyl groups is 5. The van der Waals surface area contributed by atoms with E-state index in [1.807, 2.05) is 30.3 Å². The van der Waals surface area contributed by atoms with Gasteiger partial charge < -0.3 is 49.2 Å². The summed E-state index contributed by atoms with van der Waals surface area (Å²) in [6.07, 6.45) is -3.78. The van der Waals surface area contributed by atoms with Crippen LogP contribution >= 0.6 is 0 Å². The Morgan fingerprint density at radius 3 is 2.54 bits per heavy atom. The Labute approximate surface area is 200 Å². The van der Waals surface area contributed by atoms with Crippen LogP contribution in [0.4, 0.5) is 0 Å². The van der Waals surface area contributed by atoms with Gasteiger partial charge in [0.05, 0.1) is 25.4 Å². The molecule has 4 aliphatic rings. The van der Waals surface area contributed by atoms with E-state index < -0.39 is 85.8 Å². The molecule has 0 spiro atoms. The monoisotopic (exact) mass is 492 g/mol. The highest BCUT2D eigenvalue weighted by Gasteiger charge is 2.77. The van der Waals surface area contributed by atoms with E-state index in [1.165, 1.54) is 12.3 Å². The number of epoxide rings is 1. The van der Waals surface area contributed by atoms with Gasteiger partial charge in [-0.2, -0.15) is 0 Å². The fourth-order valence-corrected chi connectivity index (χ4v) is 5.19. The van der Waals surface area contributed by atoms with E-state index in [4.69, 9.17) is 23.7 Å². The molecule has 11 nitrogen and oxygen atoms in total. The Morgan fingerprint density at radius 1 is 1.06 bits per heavy atom. The van der Waals surface area contributed by atoms with Gasteiger partial charge >= 0.3 is 5.97 Å². The van der Waals surface area contributed by atoms with E-state index in [2.05, 4.69) is 0 Å².